The summed E-state index contributed by atoms with van der Waals surface area (Å²) in [7, 11) is 0. The number of ether oxygens (including phenoxy) is 3. The Hall–Kier alpha value is -3.53. The molecule has 0 aromatic heterocycles. The maximum atomic E-state index is 9.60. The van der Waals surface area contributed by atoms with Gasteiger partial charge in [-0.25, -0.2) is 0 Å². The van der Waals surface area contributed by atoms with Crippen LogP contribution in [-0.4, -0.2) is 25.3 Å². The van der Waals surface area contributed by atoms with E-state index in [4.69, 9.17) is 9.47 Å². The summed E-state index contributed by atoms with van der Waals surface area (Å²) in [5, 5.41) is 4.48. The molecule has 0 aliphatic rings. The van der Waals surface area contributed by atoms with Gasteiger partial charge in [0.15, 0.2) is 0 Å². The van der Waals surface area contributed by atoms with Crippen molar-refractivity contribution in [1.29, 1.82) is 0 Å². The molecule has 0 aliphatic heterocycles. The van der Waals surface area contributed by atoms with E-state index in [0.29, 0.717) is 25.6 Å². The predicted octanol–water partition coefficient (Wildman–Crippen LogP) is 10.9. The Morgan fingerprint density at radius 3 is 2.12 bits per heavy atom. The van der Waals surface area contributed by atoms with Crippen molar-refractivity contribution in [2.24, 2.45) is 16.7 Å². The molecule has 0 N–H and O–H groups in total. The van der Waals surface area contributed by atoms with E-state index in [2.05, 4.69) is 107 Å². The van der Waals surface area contributed by atoms with Crippen LogP contribution in [0.2, 0.25) is 0 Å². The van der Waals surface area contributed by atoms with Gasteiger partial charge in [0.25, 0.3) is 6.47 Å². The molecule has 43 heavy (non-hydrogen) atoms. The van der Waals surface area contributed by atoms with Gasteiger partial charge >= 0.3 is 0 Å². The quantitative estimate of drug-likeness (QED) is 0.0970. The normalized spacial score (nSPS) is 13.4. The molecule has 3 aromatic carbocycles. The Balaban J connectivity index is 0.000000821. The number of allylic oxidation sites excluding steroid dienone is 4. The minimum absolute atomic E-state index is 0.170. The Bertz CT molecular complexity index is 1390. The molecule has 0 amide bonds. The van der Waals surface area contributed by atoms with Crippen LogP contribution in [0.3, 0.4) is 0 Å². The van der Waals surface area contributed by atoms with Gasteiger partial charge in [-0.05, 0) is 80.4 Å². The lowest BCUT2D eigenvalue weighted by Crippen LogP contribution is -2.26. The SMILES string of the molecule is C=C/C=C(\C=C/CCOc1c2ccccc2cc2c(OCC)cccc12)C(CC(C)(C)C)C(C)(C)C.CC(C)(C)OC=O. The Labute approximate surface area is 260 Å². The van der Waals surface area contributed by atoms with Gasteiger partial charge in [0.2, 0.25) is 0 Å². The van der Waals surface area contributed by atoms with Crippen molar-refractivity contribution in [2.75, 3.05) is 13.2 Å². The van der Waals surface area contributed by atoms with Crippen LogP contribution >= 0.6 is 0 Å². The van der Waals surface area contributed by atoms with E-state index in [9.17, 15) is 4.79 Å². The second-order valence-electron chi connectivity index (χ2n) is 14.2. The predicted molar refractivity (Wildman–Crippen MR) is 184 cm³/mol. The van der Waals surface area contributed by atoms with E-state index >= 15 is 0 Å². The zero-order chi connectivity index (χ0) is 32.3. The molecule has 234 valence electrons. The van der Waals surface area contributed by atoms with E-state index in [1.807, 2.05) is 45.9 Å². The second-order valence-corrected chi connectivity index (χ2v) is 14.2. The molecule has 0 saturated carbocycles. The number of carbonyl (C=O) groups excluding carboxylic acids is 1. The first kappa shape index (κ1) is 35.7. The van der Waals surface area contributed by atoms with Crippen LogP contribution in [0.15, 0.2) is 85.0 Å². The highest BCUT2D eigenvalue weighted by Crippen LogP contribution is 2.41. The first-order valence-electron chi connectivity index (χ1n) is 15.4. The average Bonchev–Trinajstić information content (AvgIpc) is 2.90. The minimum atomic E-state index is -0.318. The summed E-state index contributed by atoms with van der Waals surface area (Å²) in [6.07, 6.45) is 10.6. The van der Waals surface area contributed by atoms with Crippen LogP contribution in [0.25, 0.3) is 21.5 Å². The maximum Gasteiger partial charge on any atom is 0.293 e. The van der Waals surface area contributed by atoms with Gasteiger partial charge < -0.3 is 14.2 Å². The highest BCUT2D eigenvalue weighted by atomic mass is 16.5. The van der Waals surface area contributed by atoms with Gasteiger partial charge in [-0.2, -0.15) is 0 Å². The number of hydrogen-bond acceptors (Lipinski definition) is 4. The fourth-order valence-corrected chi connectivity index (χ4v) is 5.01. The van der Waals surface area contributed by atoms with Crippen molar-refractivity contribution in [3.63, 3.8) is 0 Å². The third kappa shape index (κ3) is 11.6. The summed E-state index contributed by atoms with van der Waals surface area (Å²) < 4.78 is 16.9. The van der Waals surface area contributed by atoms with Crippen LogP contribution < -0.4 is 9.47 Å². The van der Waals surface area contributed by atoms with Gasteiger partial charge in [0.05, 0.1) is 13.2 Å². The molecule has 0 heterocycles. The van der Waals surface area contributed by atoms with Crippen LogP contribution in [0.1, 0.15) is 82.1 Å². The van der Waals surface area contributed by atoms with Gasteiger partial charge in [-0.1, -0.05) is 109 Å². The molecule has 0 radical (unpaired) electrons. The summed E-state index contributed by atoms with van der Waals surface area (Å²) >= 11 is 0. The highest BCUT2D eigenvalue weighted by molar-refractivity contribution is 6.07. The molecule has 3 rings (SSSR count). The monoisotopic (exact) mass is 586 g/mol. The van der Waals surface area contributed by atoms with Crippen LogP contribution in [0, 0.1) is 16.7 Å². The second kappa shape index (κ2) is 15.8. The van der Waals surface area contributed by atoms with Crippen LogP contribution in [0.5, 0.6) is 11.5 Å². The number of carbonyl (C=O) groups is 1. The topological polar surface area (TPSA) is 44.8 Å². The fourth-order valence-electron chi connectivity index (χ4n) is 5.01. The lowest BCUT2D eigenvalue weighted by molar-refractivity contribution is -0.138. The number of benzene rings is 3. The maximum absolute atomic E-state index is 9.60. The molecular weight excluding hydrogens is 532 g/mol. The fraction of sp³-hybridized carbons (Fsp3) is 0.462. The van der Waals surface area contributed by atoms with E-state index in [-0.39, 0.29) is 16.4 Å². The lowest BCUT2D eigenvalue weighted by Gasteiger charge is -2.36. The molecule has 0 bridgehead atoms. The molecule has 0 fully saturated rings. The van der Waals surface area contributed by atoms with Crippen molar-refractivity contribution in [1.82, 2.24) is 0 Å². The Morgan fingerprint density at radius 1 is 0.884 bits per heavy atom. The molecular formula is C39H54O4. The molecule has 0 aliphatic carbocycles. The summed E-state index contributed by atoms with van der Waals surface area (Å²) in [4.78, 5) is 9.60. The highest BCUT2D eigenvalue weighted by Gasteiger charge is 2.30. The van der Waals surface area contributed by atoms with E-state index < -0.39 is 0 Å². The standard InChI is InChI=1S/C34H44O2.C5H10O2/c1-9-16-25(30(34(6,7)8)24-33(3,4)5)17-13-14-22-36-32-27-19-12-11-18-26(27)23-29-28(32)20-15-21-31(29)35-10-2;1-5(2,3)7-4-6/h9,11-13,15-21,23,30H,1,10,14,22,24H2,2-8H3;4H,1-3H3/b17-13-,25-16+;. The van der Waals surface area contributed by atoms with Crippen molar-refractivity contribution >= 4 is 28.0 Å². The zero-order valence-corrected chi connectivity index (χ0v) is 28.3. The summed E-state index contributed by atoms with van der Waals surface area (Å²) in [6.45, 7) is 27.1. The van der Waals surface area contributed by atoms with Crippen LogP contribution in [-0.2, 0) is 9.53 Å². The molecule has 1 atom stereocenters. The van der Waals surface area contributed by atoms with Gasteiger partial charge in [0, 0.05) is 16.2 Å². The summed E-state index contributed by atoms with van der Waals surface area (Å²) in [5.74, 6) is 2.28. The molecule has 0 spiro atoms. The number of rotatable bonds is 11. The lowest BCUT2D eigenvalue weighted by atomic mass is 9.68. The number of hydrogen-bond donors (Lipinski definition) is 0. The van der Waals surface area contributed by atoms with Crippen molar-refractivity contribution in [2.45, 2.75) is 87.7 Å². The third-order valence-electron chi connectivity index (χ3n) is 6.93. The average molecular weight is 587 g/mol. The van der Waals surface area contributed by atoms with E-state index in [1.54, 1.807) is 0 Å². The zero-order valence-electron chi connectivity index (χ0n) is 28.3. The Morgan fingerprint density at radius 2 is 1.56 bits per heavy atom. The largest absolute Gasteiger partial charge is 0.493 e. The molecule has 0 saturated heterocycles. The minimum Gasteiger partial charge on any atom is -0.493 e. The molecule has 3 aromatic rings. The van der Waals surface area contributed by atoms with E-state index in [0.717, 1.165) is 45.9 Å². The van der Waals surface area contributed by atoms with Gasteiger partial charge in [0.1, 0.15) is 17.1 Å². The van der Waals surface area contributed by atoms with Crippen LogP contribution in [0.4, 0.5) is 0 Å². The molecule has 4 heteroatoms. The van der Waals surface area contributed by atoms with Gasteiger partial charge in [-0.3, -0.25) is 4.79 Å². The molecule has 1 unspecified atom stereocenters. The smallest absolute Gasteiger partial charge is 0.293 e. The number of fused-ring (bicyclic) bond motifs is 2. The third-order valence-corrected chi connectivity index (χ3v) is 6.93. The van der Waals surface area contributed by atoms with Gasteiger partial charge in [-0.15, -0.1) is 0 Å². The van der Waals surface area contributed by atoms with Crippen molar-refractivity contribution in [3.05, 3.63) is 85.0 Å². The van der Waals surface area contributed by atoms with Crippen molar-refractivity contribution < 1.29 is 19.0 Å². The Kier molecular flexibility index (Phi) is 13.1. The summed E-state index contributed by atoms with van der Waals surface area (Å²) in [6, 6.07) is 16.8. The van der Waals surface area contributed by atoms with Crippen molar-refractivity contribution in [3.8, 4) is 11.5 Å². The van der Waals surface area contributed by atoms with E-state index in [1.165, 1.54) is 5.57 Å². The summed E-state index contributed by atoms with van der Waals surface area (Å²) in [5.41, 5.74) is 1.44. The molecule has 4 nitrogen and oxygen atoms in total. The first-order valence-corrected chi connectivity index (χ1v) is 15.4. The first-order chi connectivity index (χ1) is 20.1.